The lowest BCUT2D eigenvalue weighted by Gasteiger charge is -2.39. The average molecular weight is 588 g/mol. The van der Waals surface area contributed by atoms with Gasteiger partial charge in [-0.1, -0.05) is 6.07 Å². The van der Waals surface area contributed by atoms with Crippen molar-refractivity contribution in [2.24, 2.45) is 5.73 Å². The highest BCUT2D eigenvalue weighted by molar-refractivity contribution is 6.09. The standard InChI is InChI=1S/C24H19F7N6O4/c1-11-2-5-17(33-8-11)37-19(21(40)34-9-16(32)38)18-15(36-37)7-22(24(29,30)31,35-20(18)39)13-4-3-12(6-14(13)25)41-10-23(26,27)28/h2-6,8H,7,9-10H2,1H3,(H2,32,38)(H,34,40)(H,35,39)/t22-/m0/s1. The largest absolute Gasteiger partial charge is 0.484 e. The van der Waals surface area contributed by atoms with Gasteiger partial charge in [-0.05, 0) is 30.7 Å². The number of nitrogens with zero attached hydrogens (tertiary/aromatic N) is 3. The normalized spacial score (nSPS) is 17.0. The lowest BCUT2D eigenvalue weighted by molar-refractivity contribution is -0.199. The van der Waals surface area contributed by atoms with Crippen molar-refractivity contribution >= 4 is 17.7 Å². The highest BCUT2D eigenvalue weighted by Gasteiger charge is 2.61. The summed E-state index contributed by atoms with van der Waals surface area (Å²) in [6, 6.07) is 4.47. The number of halogens is 7. The van der Waals surface area contributed by atoms with Crippen molar-refractivity contribution in [1.29, 1.82) is 0 Å². The smallest absolute Gasteiger partial charge is 0.422 e. The third kappa shape index (κ3) is 5.78. The van der Waals surface area contributed by atoms with Crippen LogP contribution in [0.2, 0.25) is 0 Å². The van der Waals surface area contributed by atoms with Gasteiger partial charge in [-0.3, -0.25) is 14.4 Å². The molecule has 3 heterocycles. The Morgan fingerprint density at radius 3 is 2.44 bits per heavy atom. The van der Waals surface area contributed by atoms with Gasteiger partial charge in [0, 0.05) is 24.2 Å². The minimum atomic E-state index is -5.37. The lowest BCUT2D eigenvalue weighted by atomic mass is 9.80. The van der Waals surface area contributed by atoms with Gasteiger partial charge in [-0.2, -0.15) is 31.4 Å². The molecule has 10 nitrogen and oxygen atoms in total. The van der Waals surface area contributed by atoms with Crippen LogP contribution in [0, 0.1) is 12.7 Å². The molecule has 0 saturated heterocycles. The van der Waals surface area contributed by atoms with E-state index in [9.17, 15) is 40.7 Å². The predicted molar refractivity (Wildman–Crippen MR) is 124 cm³/mol. The minimum absolute atomic E-state index is 0.0722. The molecule has 0 spiro atoms. The van der Waals surface area contributed by atoms with Crippen LogP contribution in [0.5, 0.6) is 5.75 Å². The third-order valence-electron chi connectivity index (χ3n) is 5.98. The Bertz CT molecular complexity index is 1520. The number of aromatic nitrogens is 3. The van der Waals surface area contributed by atoms with Gasteiger partial charge in [0.15, 0.2) is 18.0 Å². The Hall–Kier alpha value is -4.70. The number of amides is 3. The van der Waals surface area contributed by atoms with Crippen molar-refractivity contribution in [2.75, 3.05) is 13.2 Å². The molecule has 1 aliphatic heterocycles. The van der Waals surface area contributed by atoms with Gasteiger partial charge in [-0.25, -0.2) is 14.1 Å². The quantitative estimate of drug-likeness (QED) is 0.363. The fraction of sp³-hybridized carbons (Fsp3) is 0.292. The average Bonchev–Trinajstić information content (AvgIpc) is 3.25. The van der Waals surface area contributed by atoms with Gasteiger partial charge in [0.1, 0.15) is 17.3 Å². The Kier molecular flexibility index (Phi) is 7.40. The van der Waals surface area contributed by atoms with Crippen LogP contribution in [0.1, 0.15) is 37.7 Å². The van der Waals surface area contributed by atoms with Crippen molar-refractivity contribution in [3.63, 3.8) is 0 Å². The number of aryl methyl sites for hydroxylation is 1. The number of ether oxygens (including phenoxy) is 1. The van der Waals surface area contributed by atoms with E-state index in [1.807, 2.05) is 0 Å². The van der Waals surface area contributed by atoms with Gasteiger partial charge in [0.2, 0.25) is 5.91 Å². The van der Waals surface area contributed by atoms with Crippen LogP contribution in [0.3, 0.4) is 0 Å². The number of nitrogens with one attached hydrogen (secondary N) is 2. The number of hydrogen-bond donors (Lipinski definition) is 3. The maximum atomic E-state index is 15.1. The zero-order valence-electron chi connectivity index (χ0n) is 20.8. The minimum Gasteiger partial charge on any atom is -0.484 e. The number of benzene rings is 1. The number of fused-ring (bicyclic) bond motifs is 1. The predicted octanol–water partition coefficient (Wildman–Crippen LogP) is 2.61. The first kappa shape index (κ1) is 29.3. The Labute approximate surface area is 225 Å². The monoisotopic (exact) mass is 588 g/mol. The van der Waals surface area contributed by atoms with Crippen LogP contribution in [0.15, 0.2) is 36.5 Å². The lowest BCUT2D eigenvalue weighted by Crippen LogP contribution is -2.60. The molecule has 41 heavy (non-hydrogen) atoms. The second kappa shape index (κ2) is 10.4. The Morgan fingerprint density at radius 2 is 1.88 bits per heavy atom. The molecule has 0 unspecified atom stereocenters. The maximum absolute atomic E-state index is 15.1. The summed E-state index contributed by atoms with van der Waals surface area (Å²) < 4.78 is 102. The van der Waals surface area contributed by atoms with Gasteiger partial charge < -0.3 is 21.1 Å². The Morgan fingerprint density at radius 1 is 1.17 bits per heavy atom. The Balaban J connectivity index is 1.85. The second-order valence-electron chi connectivity index (χ2n) is 9.00. The van der Waals surface area contributed by atoms with Crippen molar-refractivity contribution < 1.29 is 49.9 Å². The van der Waals surface area contributed by atoms with Gasteiger partial charge in [0.25, 0.3) is 11.8 Å². The van der Waals surface area contributed by atoms with Gasteiger partial charge in [0.05, 0.1) is 17.8 Å². The van der Waals surface area contributed by atoms with Gasteiger partial charge >= 0.3 is 12.4 Å². The number of carbonyl (C=O) groups is 3. The summed E-state index contributed by atoms with van der Waals surface area (Å²) >= 11 is 0. The molecule has 1 aromatic carbocycles. The molecule has 1 aliphatic rings. The van der Waals surface area contributed by atoms with E-state index in [-0.39, 0.29) is 5.82 Å². The summed E-state index contributed by atoms with van der Waals surface area (Å²) in [7, 11) is 0. The number of pyridine rings is 1. The number of nitrogens with two attached hydrogens (primary N) is 1. The second-order valence-corrected chi connectivity index (χ2v) is 9.00. The summed E-state index contributed by atoms with van der Waals surface area (Å²) in [5, 5.41) is 7.89. The topological polar surface area (TPSA) is 141 Å². The first-order valence-electron chi connectivity index (χ1n) is 11.5. The van der Waals surface area contributed by atoms with Crippen molar-refractivity contribution in [3.8, 4) is 11.6 Å². The molecular weight excluding hydrogens is 569 g/mol. The van der Waals surface area contributed by atoms with E-state index in [4.69, 9.17) is 5.73 Å². The van der Waals surface area contributed by atoms with Crippen LogP contribution < -0.4 is 21.1 Å². The number of alkyl halides is 6. The number of hydrogen-bond acceptors (Lipinski definition) is 6. The van der Waals surface area contributed by atoms with Crippen LogP contribution in [0.4, 0.5) is 30.7 Å². The van der Waals surface area contributed by atoms with E-state index in [2.05, 4.69) is 20.1 Å². The molecule has 4 N–H and O–H groups in total. The molecule has 17 heteroatoms. The van der Waals surface area contributed by atoms with Crippen molar-refractivity contribution in [3.05, 3.63) is 70.4 Å². The molecule has 4 rings (SSSR count). The van der Waals surface area contributed by atoms with E-state index in [1.165, 1.54) is 12.3 Å². The van der Waals surface area contributed by atoms with Crippen LogP contribution in [-0.2, 0) is 16.8 Å². The van der Waals surface area contributed by atoms with Crippen LogP contribution >= 0.6 is 0 Å². The van der Waals surface area contributed by atoms with E-state index >= 15 is 4.39 Å². The molecular formula is C24H19F7N6O4. The first-order chi connectivity index (χ1) is 19.0. The summed E-state index contributed by atoms with van der Waals surface area (Å²) in [6.45, 7) is -0.811. The molecule has 0 radical (unpaired) electrons. The molecule has 3 amide bonds. The van der Waals surface area contributed by atoms with Crippen molar-refractivity contribution in [1.82, 2.24) is 25.4 Å². The molecule has 0 fully saturated rings. The molecule has 0 bridgehead atoms. The van der Waals surface area contributed by atoms with E-state index in [1.54, 1.807) is 18.3 Å². The molecule has 0 aliphatic carbocycles. The maximum Gasteiger partial charge on any atom is 0.422 e. The summed E-state index contributed by atoms with van der Waals surface area (Å²) in [5.41, 5.74) is -0.589. The number of carbonyl (C=O) groups excluding carboxylic acids is 3. The van der Waals surface area contributed by atoms with Crippen molar-refractivity contribution in [2.45, 2.75) is 31.2 Å². The molecule has 0 saturated carbocycles. The fourth-order valence-corrected chi connectivity index (χ4v) is 4.17. The highest BCUT2D eigenvalue weighted by Crippen LogP contribution is 2.46. The van der Waals surface area contributed by atoms with E-state index < -0.39 is 89.3 Å². The first-order valence-corrected chi connectivity index (χ1v) is 11.5. The SMILES string of the molecule is Cc1ccc(-n2nc3c(c2C(=O)NCC(N)=O)C(=O)N[C@@](c2ccc(OCC(F)(F)F)cc2F)(C(F)(F)F)C3)nc1. The zero-order chi connectivity index (χ0) is 30.3. The van der Waals surface area contributed by atoms with Crippen LogP contribution in [0.25, 0.3) is 5.82 Å². The third-order valence-corrected chi connectivity index (χ3v) is 5.98. The van der Waals surface area contributed by atoms with E-state index in [0.29, 0.717) is 23.8 Å². The fourth-order valence-electron chi connectivity index (χ4n) is 4.17. The highest BCUT2D eigenvalue weighted by atomic mass is 19.4. The summed E-state index contributed by atoms with van der Waals surface area (Å²) in [5.74, 6) is -5.91. The zero-order valence-corrected chi connectivity index (χ0v) is 20.8. The number of rotatable bonds is 7. The summed E-state index contributed by atoms with van der Waals surface area (Å²) in [6.07, 6.45) is -10.0. The van der Waals surface area contributed by atoms with Crippen LogP contribution in [-0.4, -0.2) is 58.0 Å². The molecule has 3 aromatic rings. The summed E-state index contributed by atoms with van der Waals surface area (Å²) in [4.78, 5) is 41.5. The number of primary amides is 1. The molecule has 218 valence electrons. The molecule has 1 atom stereocenters. The van der Waals surface area contributed by atoms with E-state index in [0.717, 1.165) is 4.68 Å². The molecule has 2 aromatic heterocycles. The van der Waals surface area contributed by atoms with Gasteiger partial charge in [-0.15, -0.1) is 0 Å².